The molecule has 2 rings (SSSR count). The van der Waals surface area contributed by atoms with Crippen LogP contribution in [0.25, 0.3) is 5.57 Å². The molecule has 0 bridgehead atoms. The SMILES string of the molecule is CC(C)(C)C(=O)O[C@H]1CN(C(=O)O)CC=C1c1ccc(F)cc1. The quantitative estimate of drug-likeness (QED) is 0.850. The first kappa shape index (κ1) is 17.0. The van der Waals surface area contributed by atoms with Gasteiger partial charge < -0.3 is 14.7 Å². The predicted molar refractivity (Wildman–Crippen MR) is 83.3 cm³/mol. The van der Waals surface area contributed by atoms with E-state index in [1.54, 1.807) is 39.0 Å². The standard InChI is InChI=1S/C17H20FNO4/c1-17(2,3)15(20)23-14-10-19(16(21)22)9-8-13(14)11-4-6-12(18)7-5-11/h4-8,14H,9-10H2,1-3H3,(H,21,22)/t14-/m0/s1. The first-order valence-electron chi connectivity index (χ1n) is 7.33. The fourth-order valence-corrected chi connectivity index (χ4v) is 2.22. The molecule has 1 N–H and O–H groups in total. The second-order valence-corrected chi connectivity index (χ2v) is 6.50. The lowest BCUT2D eigenvalue weighted by atomic mass is 9.94. The number of amides is 1. The minimum atomic E-state index is -1.07. The van der Waals surface area contributed by atoms with Crippen molar-refractivity contribution in [1.82, 2.24) is 4.90 Å². The smallest absolute Gasteiger partial charge is 0.407 e. The molecule has 1 aromatic carbocycles. The summed E-state index contributed by atoms with van der Waals surface area (Å²) >= 11 is 0. The fourth-order valence-electron chi connectivity index (χ4n) is 2.22. The van der Waals surface area contributed by atoms with E-state index in [-0.39, 0.29) is 18.9 Å². The van der Waals surface area contributed by atoms with Gasteiger partial charge in [0, 0.05) is 6.54 Å². The molecule has 0 unspecified atom stereocenters. The average Bonchev–Trinajstić information content (AvgIpc) is 2.47. The zero-order valence-corrected chi connectivity index (χ0v) is 13.4. The Kier molecular flexibility index (Phi) is 4.73. The van der Waals surface area contributed by atoms with Gasteiger partial charge in [0.15, 0.2) is 0 Å². The number of ether oxygens (including phenoxy) is 1. The molecule has 1 aliphatic rings. The van der Waals surface area contributed by atoms with Crippen LogP contribution in [0.4, 0.5) is 9.18 Å². The van der Waals surface area contributed by atoms with Gasteiger partial charge in [0.1, 0.15) is 11.9 Å². The summed E-state index contributed by atoms with van der Waals surface area (Å²) in [5.41, 5.74) is 0.711. The summed E-state index contributed by atoms with van der Waals surface area (Å²) in [5, 5.41) is 9.15. The van der Waals surface area contributed by atoms with Crippen molar-refractivity contribution in [3.63, 3.8) is 0 Å². The monoisotopic (exact) mass is 321 g/mol. The first-order chi connectivity index (χ1) is 10.7. The number of halogens is 1. The molecule has 0 spiro atoms. The summed E-state index contributed by atoms with van der Waals surface area (Å²) in [6.07, 6.45) is -0.0842. The number of rotatable bonds is 2. The zero-order chi connectivity index (χ0) is 17.2. The summed E-state index contributed by atoms with van der Waals surface area (Å²) in [6, 6.07) is 5.83. The van der Waals surface area contributed by atoms with E-state index in [2.05, 4.69) is 0 Å². The second kappa shape index (κ2) is 6.40. The Hall–Kier alpha value is -2.37. The lowest BCUT2D eigenvalue weighted by molar-refractivity contribution is -0.156. The van der Waals surface area contributed by atoms with Crippen LogP contribution < -0.4 is 0 Å². The van der Waals surface area contributed by atoms with Crippen LogP contribution in [0.5, 0.6) is 0 Å². The van der Waals surface area contributed by atoms with Crippen molar-refractivity contribution in [3.8, 4) is 0 Å². The average molecular weight is 321 g/mol. The third-order valence-electron chi connectivity index (χ3n) is 3.57. The van der Waals surface area contributed by atoms with Gasteiger partial charge in [0.2, 0.25) is 0 Å². The maximum absolute atomic E-state index is 13.1. The van der Waals surface area contributed by atoms with Gasteiger partial charge in [-0.2, -0.15) is 0 Å². The Morgan fingerprint density at radius 3 is 2.39 bits per heavy atom. The van der Waals surface area contributed by atoms with Crippen LogP contribution in [0.3, 0.4) is 0 Å². The Morgan fingerprint density at radius 2 is 1.87 bits per heavy atom. The number of esters is 1. The predicted octanol–water partition coefficient (Wildman–Crippen LogP) is 3.16. The number of carbonyl (C=O) groups excluding carboxylic acids is 1. The lowest BCUT2D eigenvalue weighted by Crippen LogP contribution is -2.43. The third-order valence-corrected chi connectivity index (χ3v) is 3.57. The van der Waals surface area contributed by atoms with Crippen molar-refractivity contribution in [2.45, 2.75) is 26.9 Å². The van der Waals surface area contributed by atoms with E-state index < -0.39 is 23.6 Å². The Labute approximate surface area is 134 Å². The zero-order valence-electron chi connectivity index (χ0n) is 13.4. The van der Waals surface area contributed by atoms with Crippen molar-refractivity contribution in [3.05, 3.63) is 41.7 Å². The number of carbonyl (C=O) groups is 2. The molecule has 1 atom stereocenters. The van der Waals surface area contributed by atoms with Crippen molar-refractivity contribution in [2.24, 2.45) is 5.41 Å². The van der Waals surface area contributed by atoms with E-state index in [1.807, 2.05) is 0 Å². The molecule has 1 aromatic rings. The van der Waals surface area contributed by atoms with Gasteiger partial charge in [0.25, 0.3) is 0 Å². The second-order valence-electron chi connectivity index (χ2n) is 6.50. The molecule has 124 valence electrons. The molecule has 0 radical (unpaired) electrons. The van der Waals surface area contributed by atoms with Gasteiger partial charge >= 0.3 is 12.1 Å². The van der Waals surface area contributed by atoms with Crippen LogP contribution in [-0.2, 0) is 9.53 Å². The third kappa shape index (κ3) is 4.09. The molecule has 1 heterocycles. The van der Waals surface area contributed by atoms with Crippen molar-refractivity contribution in [2.75, 3.05) is 13.1 Å². The molecule has 5 nitrogen and oxygen atoms in total. The highest BCUT2D eigenvalue weighted by molar-refractivity contribution is 5.80. The number of carboxylic acid groups (broad SMARTS) is 1. The molecule has 0 aromatic heterocycles. The Bertz CT molecular complexity index is 631. The molecule has 1 aliphatic heterocycles. The highest BCUT2D eigenvalue weighted by Gasteiger charge is 2.32. The van der Waals surface area contributed by atoms with E-state index in [9.17, 15) is 14.0 Å². The number of benzene rings is 1. The first-order valence-corrected chi connectivity index (χ1v) is 7.33. The summed E-state index contributed by atoms with van der Waals surface area (Å²) in [6.45, 7) is 5.45. The van der Waals surface area contributed by atoms with Crippen molar-refractivity contribution in [1.29, 1.82) is 0 Å². The van der Waals surface area contributed by atoms with Crippen LogP contribution in [0, 0.1) is 11.2 Å². The largest absolute Gasteiger partial charge is 0.465 e. The summed E-state index contributed by atoms with van der Waals surface area (Å²) in [4.78, 5) is 24.5. The van der Waals surface area contributed by atoms with E-state index in [0.29, 0.717) is 11.1 Å². The van der Waals surface area contributed by atoms with Gasteiger partial charge in [-0.3, -0.25) is 4.79 Å². The van der Waals surface area contributed by atoms with E-state index >= 15 is 0 Å². The molecule has 6 heteroatoms. The van der Waals surface area contributed by atoms with Crippen molar-refractivity contribution >= 4 is 17.6 Å². The highest BCUT2D eigenvalue weighted by atomic mass is 19.1. The fraction of sp³-hybridized carbons (Fsp3) is 0.412. The molecule has 1 amide bonds. The number of hydrogen-bond donors (Lipinski definition) is 1. The normalized spacial score (nSPS) is 18.3. The maximum atomic E-state index is 13.1. The van der Waals surface area contributed by atoms with Gasteiger partial charge in [-0.25, -0.2) is 9.18 Å². The molecular formula is C17H20FNO4. The van der Waals surface area contributed by atoms with Crippen LogP contribution in [0.15, 0.2) is 30.3 Å². The summed E-state index contributed by atoms with van der Waals surface area (Å²) in [5.74, 6) is -0.775. The van der Waals surface area contributed by atoms with Gasteiger partial charge in [0.05, 0.1) is 12.0 Å². The van der Waals surface area contributed by atoms with Crippen LogP contribution in [0.1, 0.15) is 26.3 Å². The molecule has 23 heavy (non-hydrogen) atoms. The highest BCUT2D eigenvalue weighted by Crippen LogP contribution is 2.28. The minimum absolute atomic E-state index is 0.0559. The molecule has 0 saturated heterocycles. The van der Waals surface area contributed by atoms with E-state index in [1.165, 1.54) is 17.0 Å². The van der Waals surface area contributed by atoms with Crippen LogP contribution in [-0.4, -0.2) is 41.3 Å². The van der Waals surface area contributed by atoms with E-state index in [4.69, 9.17) is 9.84 Å². The van der Waals surface area contributed by atoms with Gasteiger partial charge in [-0.1, -0.05) is 18.2 Å². The Morgan fingerprint density at radius 1 is 1.26 bits per heavy atom. The topological polar surface area (TPSA) is 66.8 Å². The molecule has 0 saturated carbocycles. The minimum Gasteiger partial charge on any atom is -0.465 e. The molecule has 0 fully saturated rings. The number of nitrogens with zero attached hydrogens (tertiary/aromatic N) is 1. The van der Waals surface area contributed by atoms with Gasteiger partial charge in [-0.15, -0.1) is 0 Å². The number of hydrogen-bond acceptors (Lipinski definition) is 3. The lowest BCUT2D eigenvalue weighted by Gasteiger charge is -2.32. The van der Waals surface area contributed by atoms with E-state index in [0.717, 1.165) is 0 Å². The van der Waals surface area contributed by atoms with Crippen LogP contribution >= 0.6 is 0 Å². The summed E-state index contributed by atoms with van der Waals surface area (Å²) < 4.78 is 18.6. The molecule has 0 aliphatic carbocycles. The maximum Gasteiger partial charge on any atom is 0.407 e. The van der Waals surface area contributed by atoms with Crippen molar-refractivity contribution < 1.29 is 23.8 Å². The molecular weight excluding hydrogens is 301 g/mol. The van der Waals surface area contributed by atoms with Gasteiger partial charge in [-0.05, 0) is 44.0 Å². The summed E-state index contributed by atoms with van der Waals surface area (Å²) in [7, 11) is 0. The van der Waals surface area contributed by atoms with Crippen LogP contribution in [0.2, 0.25) is 0 Å². The Balaban J connectivity index is 2.30.